The van der Waals surface area contributed by atoms with E-state index in [9.17, 15) is 10.1 Å². The number of non-ortho nitro benzene ring substituents is 1. The molecular weight excluding hydrogens is 236 g/mol. The molecule has 1 aliphatic rings. The minimum atomic E-state index is -0.448. The van der Waals surface area contributed by atoms with Crippen LogP contribution in [-0.2, 0) is 0 Å². The summed E-state index contributed by atoms with van der Waals surface area (Å²) in [6, 6.07) is 4.41. The van der Waals surface area contributed by atoms with Crippen LogP contribution in [0.15, 0.2) is 18.2 Å². The van der Waals surface area contributed by atoms with E-state index in [1.807, 2.05) is 0 Å². The summed E-state index contributed by atoms with van der Waals surface area (Å²) in [7, 11) is 1.48. The van der Waals surface area contributed by atoms with Crippen molar-refractivity contribution in [2.45, 2.75) is 18.9 Å². The largest absolute Gasteiger partial charge is 0.493 e. The standard InChI is InChI=1S/C12H16N2O4/c1-17-12-8-9(14(15)16)2-3-11(12)18-10-4-6-13-7-5-10/h2-3,8,10,13H,4-7H2,1H3. The number of nitro groups is 1. The number of nitro benzene ring substituents is 1. The zero-order chi connectivity index (χ0) is 13.0. The zero-order valence-electron chi connectivity index (χ0n) is 10.2. The summed E-state index contributed by atoms with van der Waals surface area (Å²) in [5.41, 5.74) is 0.00418. The maximum atomic E-state index is 10.7. The van der Waals surface area contributed by atoms with Gasteiger partial charge in [0.15, 0.2) is 11.5 Å². The monoisotopic (exact) mass is 252 g/mol. The van der Waals surface area contributed by atoms with Gasteiger partial charge in [-0.15, -0.1) is 0 Å². The molecule has 0 aliphatic carbocycles. The fourth-order valence-corrected chi connectivity index (χ4v) is 1.96. The Morgan fingerprint density at radius 3 is 2.67 bits per heavy atom. The summed E-state index contributed by atoms with van der Waals surface area (Å²) in [6.07, 6.45) is 2.00. The number of ether oxygens (including phenoxy) is 2. The lowest BCUT2D eigenvalue weighted by molar-refractivity contribution is -0.385. The maximum absolute atomic E-state index is 10.7. The van der Waals surface area contributed by atoms with Gasteiger partial charge in [0.1, 0.15) is 6.10 Å². The molecule has 1 aromatic rings. The highest BCUT2D eigenvalue weighted by Crippen LogP contribution is 2.32. The second kappa shape index (κ2) is 5.68. The van der Waals surface area contributed by atoms with Crippen LogP contribution in [0.5, 0.6) is 11.5 Å². The Balaban J connectivity index is 2.13. The van der Waals surface area contributed by atoms with Crippen molar-refractivity contribution in [3.05, 3.63) is 28.3 Å². The van der Waals surface area contributed by atoms with Crippen LogP contribution in [0.4, 0.5) is 5.69 Å². The van der Waals surface area contributed by atoms with Crippen molar-refractivity contribution in [1.82, 2.24) is 5.32 Å². The van der Waals surface area contributed by atoms with E-state index >= 15 is 0 Å². The van der Waals surface area contributed by atoms with Gasteiger partial charge in [0.2, 0.25) is 0 Å². The van der Waals surface area contributed by atoms with Crippen LogP contribution in [0.3, 0.4) is 0 Å². The summed E-state index contributed by atoms with van der Waals surface area (Å²) in [4.78, 5) is 10.2. The van der Waals surface area contributed by atoms with Crippen LogP contribution in [0.2, 0.25) is 0 Å². The predicted molar refractivity (Wildman–Crippen MR) is 66.2 cm³/mol. The van der Waals surface area contributed by atoms with Gasteiger partial charge in [-0.05, 0) is 32.0 Å². The highest BCUT2D eigenvalue weighted by atomic mass is 16.6. The van der Waals surface area contributed by atoms with Crippen molar-refractivity contribution in [2.75, 3.05) is 20.2 Å². The van der Waals surface area contributed by atoms with E-state index < -0.39 is 4.92 Å². The maximum Gasteiger partial charge on any atom is 0.273 e. The van der Waals surface area contributed by atoms with Gasteiger partial charge in [-0.1, -0.05) is 0 Å². The first-order valence-corrected chi connectivity index (χ1v) is 5.90. The van der Waals surface area contributed by atoms with E-state index in [1.165, 1.54) is 19.2 Å². The van der Waals surface area contributed by atoms with E-state index in [2.05, 4.69) is 5.32 Å². The van der Waals surface area contributed by atoms with Gasteiger partial charge in [0.25, 0.3) is 5.69 Å². The zero-order valence-corrected chi connectivity index (χ0v) is 10.2. The number of nitrogens with zero attached hydrogens (tertiary/aromatic N) is 1. The number of hydrogen-bond donors (Lipinski definition) is 1. The van der Waals surface area contributed by atoms with Gasteiger partial charge in [0.05, 0.1) is 18.1 Å². The molecule has 0 unspecified atom stereocenters. The first-order valence-electron chi connectivity index (χ1n) is 5.90. The average Bonchev–Trinajstić information content (AvgIpc) is 2.40. The third-order valence-electron chi connectivity index (χ3n) is 2.94. The molecule has 1 N–H and O–H groups in total. The fraction of sp³-hybridized carbons (Fsp3) is 0.500. The fourth-order valence-electron chi connectivity index (χ4n) is 1.96. The molecule has 0 amide bonds. The number of nitrogens with one attached hydrogen (secondary N) is 1. The Kier molecular flexibility index (Phi) is 3.99. The van der Waals surface area contributed by atoms with Crippen molar-refractivity contribution in [1.29, 1.82) is 0 Å². The first kappa shape index (κ1) is 12.6. The summed E-state index contributed by atoms with van der Waals surface area (Å²) in [5, 5.41) is 13.9. The lowest BCUT2D eigenvalue weighted by atomic mass is 10.1. The molecular formula is C12H16N2O4. The first-order chi connectivity index (χ1) is 8.70. The van der Waals surface area contributed by atoms with Crippen molar-refractivity contribution in [2.24, 2.45) is 0 Å². The van der Waals surface area contributed by atoms with Gasteiger partial charge in [0, 0.05) is 6.07 Å². The third kappa shape index (κ3) is 2.89. The van der Waals surface area contributed by atoms with Crippen LogP contribution < -0.4 is 14.8 Å². The van der Waals surface area contributed by atoms with Gasteiger partial charge in [-0.3, -0.25) is 10.1 Å². The van der Waals surface area contributed by atoms with Gasteiger partial charge < -0.3 is 14.8 Å². The molecule has 0 atom stereocenters. The smallest absolute Gasteiger partial charge is 0.273 e. The van der Waals surface area contributed by atoms with Crippen molar-refractivity contribution < 1.29 is 14.4 Å². The molecule has 1 aromatic carbocycles. The van der Waals surface area contributed by atoms with Crippen LogP contribution in [-0.4, -0.2) is 31.2 Å². The van der Waals surface area contributed by atoms with Crippen molar-refractivity contribution in [3.63, 3.8) is 0 Å². The summed E-state index contributed by atoms with van der Waals surface area (Å²) in [5.74, 6) is 0.970. The Bertz CT molecular complexity index is 430. The van der Waals surface area contributed by atoms with Gasteiger partial charge >= 0.3 is 0 Å². The summed E-state index contributed by atoms with van der Waals surface area (Å²) < 4.78 is 11.0. The molecule has 6 heteroatoms. The average molecular weight is 252 g/mol. The highest BCUT2D eigenvalue weighted by Gasteiger charge is 2.18. The molecule has 0 radical (unpaired) electrons. The molecule has 0 saturated carbocycles. The molecule has 1 fully saturated rings. The van der Waals surface area contributed by atoms with Gasteiger partial charge in [-0.2, -0.15) is 0 Å². The van der Waals surface area contributed by atoms with Crippen LogP contribution in [0, 0.1) is 10.1 Å². The molecule has 1 saturated heterocycles. The van der Waals surface area contributed by atoms with Crippen LogP contribution >= 0.6 is 0 Å². The molecule has 6 nitrogen and oxygen atoms in total. The molecule has 98 valence electrons. The second-order valence-corrected chi connectivity index (χ2v) is 4.16. The van der Waals surface area contributed by atoms with E-state index in [1.54, 1.807) is 6.07 Å². The Hall–Kier alpha value is -1.82. The normalized spacial score (nSPS) is 16.3. The van der Waals surface area contributed by atoms with Crippen LogP contribution in [0.25, 0.3) is 0 Å². The predicted octanol–water partition coefficient (Wildman–Crippen LogP) is 1.73. The van der Waals surface area contributed by atoms with Gasteiger partial charge in [-0.25, -0.2) is 0 Å². The highest BCUT2D eigenvalue weighted by molar-refractivity contribution is 5.48. The summed E-state index contributed by atoms with van der Waals surface area (Å²) in [6.45, 7) is 1.86. The second-order valence-electron chi connectivity index (χ2n) is 4.16. The molecule has 0 bridgehead atoms. The molecule has 2 rings (SSSR count). The number of rotatable bonds is 4. The number of piperidine rings is 1. The lowest BCUT2D eigenvalue weighted by Gasteiger charge is -2.24. The lowest BCUT2D eigenvalue weighted by Crippen LogP contribution is -2.34. The Labute approximate surface area is 105 Å². The number of hydrogen-bond acceptors (Lipinski definition) is 5. The minimum absolute atomic E-state index is 0.00418. The Morgan fingerprint density at radius 2 is 2.06 bits per heavy atom. The van der Waals surface area contributed by atoms with E-state index in [4.69, 9.17) is 9.47 Å². The third-order valence-corrected chi connectivity index (χ3v) is 2.94. The van der Waals surface area contributed by atoms with Crippen molar-refractivity contribution in [3.8, 4) is 11.5 Å². The molecule has 0 aromatic heterocycles. The van der Waals surface area contributed by atoms with E-state index in [0.717, 1.165) is 25.9 Å². The minimum Gasteiger partial charge on any atom is -0.493 e. The topological polar surface area (TPSA) is 73.6 Å². The number of methoxy groups -OCH3 is 1. The SMILES string of the molecule is COc1cc([N+](=O)[O-])ccc1OC1CCNCC1. The van der Waals surface area contributed by atoms with E-state index in [-0.39, 0.29) is 11.8 Å². The summed E-state index contributed by atoms with van der Waals surface area (Å²) >= 11 is 0. The molecule has 0 spiro atoms. The quantitative estimate of drug-likeness (QED) is 0.652. The van der Waals surface area contributed by atoms with E-state index in [0.29, 0.717) is 11.5 Å². The number of benzene rings is 1. The van der Waals surface area contributed by atoms with Crippen molar-refractivity contribution >= 4 is 5.69 Å². The molecule has 18 heavy (non-hydrogen) atoms. The molecule has 1 heterocycles. The molecule has 1 aliphatic heterocycles. The van der Waals surface area contributed by atoms with Crippen LogP contribution in [0.1, 0.15) is 12.8 Å². The Morgan fingerprint density at radius 1 is 1.33 bits per heavy atom.